The Labute approximate surface area is 87.5 Å². The van der Waals surface area contributed by atoms with Gasteiger partial charge in [-0.15, -0.1) is 0 Å². The lowest BCUT2D eigenvalue weighted by Crippen LogP contribution is -2.02. The summed E-state index contributed by atoms with van der Waals surface area (Å²) in [6.07, 6.45) is 0. The molecule has 0 saturated heterocycles. The maximum absolute atomic E-state index is 3.38. The highest BCUT2D eigenvalue weighted by Gasteiger charge is 2.07. The van der Waals surface area contributed by atoms with E-state index in [4.69, 9.17) is 0 Å². The van der Waals surface area contributed by atoms with Crippen molar-refractivity contribution in [3.05, 3.63) is 28.8 Å². The lowest BCUT2D eigenvalue weighted by Gasteiger charge is -2.16. The Balaban J connectivity index is 3.12. The van der Waals surface area contributed by atoms with Crippen molar-refractivity contribution in [1.82, 2.24) is 0 Å². The van der Waals surface area contributed by atoms with Gasteiger partial charge in [0.05, 0.1) is 0 Å². The summed E-state index contributed by atoms with van der Waals surface area (Å²) in [5.41, 5.74) is 5.55. The van der Waals surface area contributed by atoms with Gasteiger partial charge >= 0.3 is 0 Å². The number of nitrogens with one attached hydrogen (secondary N) is 1. The normalized spacial score (nSPS) is 10.7. The lowest BCUT2D eigenvalue weighted by molar-refractivity contribution is 0.854. The zero-order valence-electron chi connectivity index (χ0n) is 9.94. The number of anilines is 1. The predicted octanol–water partition coefficient (Wildman–Crippen LogP) is 3.86. The molecular formula is C13H21N. The number of hydrogen-bond acceptors (Lipinski definition) is 1. The first kappa shape index (κ1) is 11.1. The minimum Gasteiger partial charge on any atom is -0.385 e. The van der Waals surface area contributed by atoms with Crippen molar-refractivity contribution in [3.8, 4) is 0 Å². The zero-order valence-corrected chi connectivity index (χ0v) is 9.94. The van der Waals surface area contributed by atoms with Crippen LogP contribution in [0.4, 0.5) is 5.69 Å². The van der Waals surface area contributed by atoms with Crippen LogP contribution in [0.25, 0.3) is 0 Å². The van der Waals surface area contributed by atoms with Crippen LogP contribution >= 0.6 is 0 Å². The molecule has 0 aliphatic rings. The van der Waals surface area contributed by atoms with Crippen molar-refractivity contribution >= 4 is 5.69 Å². The van der Waals surface area contributed by atoms with Gasteiger partial charge in [-0.1, -0.05) is 19.9 Å². The van der Waals surface area contributed by atoms with Crippen LogP contribution in [0.3, 0.4) is 0 Å². The third-order valence-electron chi connectivity index (χ3n) is 2.82. The van der Waals surface area contributed by atoms with E-state index in [0.29, 0.717) is 5.92 Å². The SMILES string of the molecule is CCNc1ccc(C(C)C)c(C)c1C. The molecule has 1 N–H and O–H groups in total. The first-order valence-electron chi connectivity index (χ1n) is 5.41. The quantitative estimate of drug-likeness (QED) is 0.765. The largest absolute Gasteiger partial charge is 0.385 e. The van der Waals surface area contributed by atoms with Crippen LogP contribution in [-0.4, -0.2) is 6.54 Å². The van der Waals surface area contributed by atoms with E-state index in [0.717, 1.165) is 6.54 Å². The molecule has 14 heavy (non-hydrogen) atoms. The molecule has 0 heterocycles. The van der Waals surface area contributed by atoms with E-state index in [2.05, 4.69) is 52.1 Å². The predicted molar refractivity (Wildman–Crippen MR) is 64.2 cm³/mol. The lowest BCUT2D eigenvalue weighted by atomic mass is 9.94. The number of rotatable bonds is 3. The second kappa shape index (κ2) is 4.50. The molecule has 78 valence electrons. The summed E-state index contributed by atoms with van der Waals surface area (Å²) in [4.78, 5) is 0. The standard InChI is InChI=1S/C13H21N/c1-6-14-13-8-7-12(9(2)3)10(4)11(13)5/h7-9,14H,6H2,1-5H3. The van der Waals surface area contributed by atoms with E-state index in [1.165, 1.54) is 22.4 Å². The number of hydrogen-bond donors (Lipinski definition) is 1. The first-order valence-corrected chi connectivity index (χ1v) is 5.41. The summed E-state index contributed by atoms with van der Waals surface area (Å²) in [6.45, 7) is 12.0. The Hall–Kier alpha value is -0.980. The van der Waals surface area contributed by atoms with Gasteiger partial charge in [0.15, 0.2) is 0 Å². The summed E-state index contributed by atoms with van der Waals surface area (Å²) >= 11 is 0. The fraction of sp³-hybridized carbons (Fsp3) is 0.538. The Bertz CT molecular complexity index is 313. The molecule has 1 aromatic rings. The minimum atomic E-state index is 0.615. The van der Waals surface area contributed by atoms with Gasteiger partial charge in [-0.05, 0) is 49.4 Å². The summed E-state index contributed by atoms with van der Waals surface area (Å²) in [5.74, 6) is 0.615. The van der Waals surface area contributed by atoms with Crippen LogP contribution < -0.4 is 5.32 Å². The Kier molecular flexibility index (Phi) is 3.56. The van der Waals surface area contributed by atoms with Crippen molar-refractivity contribution < 1.29 is 0 Å². The minimum absolute atomic E-state index is 0.615. The van der Waals surface area contributed by atoms with E-state index in [1.807, 2.05) is 0 Å². The summed E-state index contributed by atoms with van der Waals surface area (Å²) in [6, 6.07) is 4.44. The summed E-state index contributed by atoms with van der Waals surface area (Å²) in [7, 11) is 0. The molecule has 1 nitrogen and oxygen atoms in total. The molecule has 0 spiro atoms. The van der Waals surface area contributed by atoms with E-state index in [9.17, 15) is 0 Å². The third-order valence-corrected chi connectivity index (χ3v) is 2.82. The highest BCUT2D eigenvalue weighted by atomic mass is 14.9. The molecule has 0 atom stereocenters. The highest BCUT2D eigenvalue weighted by molar-refractivity contribution is 5.56. The van der Waals surface area contributed by atoms with Crippen molar-refractivity contribution in [2.24, 2.45) is 0 Å². The molecule has 1 aromatic carbocycles. The molecule has 0 aliphatic heterocycles. The van der Waals surface area contributed by atoms with E-state index < -0.39 is 0 Å². The van der Waals surface area contributed by atoms with Crippen LogP contribution in [-0.2, 0) is 0 Å². The fourth-order valence-electron chi connectivity index (χ4n) is 1.85. The Morgan fingerprint density at radius 1 is 1.14 bits per heavy atom. The van der Waals surface area contributed by atoms with Crippen LogP contribution in [0.15, 0.2) is 12.1 Å². The van der Waals surface area contributed by atoms with Crippen molar-refractivity contribution in [3.63, 3.8) is 0 Å². The molecular weight excluding hydrogens is 170 g/mol. The van der Waals surface area contributed by atoms with Crippen LogP contribution in [0.2, 0.25) is 0 Å². The van der Waals surface area contributed by atoms with E-state index >= 15 is 0 Å². The third kappa shape index (κ3) is 2.09. The smallest absolute Gasteiger partial charge is 0.0372 e. The van der Waals surface area contributed by atoms with Gasteiger partial charge in [0, 0.05) is 12.2 Å². The van der Waals surface area contributed by atoms with Crippen molar-refractivity contribution in [2.45, 2.75) is 40.5 Å². The summed E-state index contributed by atoms with van der Waals surface area (Å²) in [5, 5.41) is 3.38. The zero-order chi connectivity index (χ0) is 10.7. The maximum atomic E-state index is 3.38. The van der Waals surface area contributed by atoms with Crippen LogP contribution in [0.5, 0.6) is 0 Å². The monoisotopic (exact) mass is 191 g/mol. The van der Waals surface area contributed by atoms with E-state index in [-0.39, 0.29) is 0 Å². The molecule has 0 aliphatic carbocycles. The molecule has 0 unspecified atom stereocenters. The van der Waals surface area contributed by atoms with Crippen molar-refractivity contribution in [2.75, 3.05) is 11.9 Å². The van der Waals surface area contributed by atoms with Crippen LogP contribution in [0, 0.1) is 13.8 Å². The van der Waals surface area contributed by atoms with Gasteiger partial charge < -0.3 is 5.32 Å². The highest BCUT2D eigenvalue weighted by Crippen LogP contribution is 2.26. The van der Waals surface area contributed by atoms with Gasteiger partial charge in [0.2, 0.25) is 0 Å². The molecule has 1 heteroatoms. The fourth-order valence-corrected chi connectivity index (χ4v) is 1.85. The molecule has 0 aromatic heterocycles. The Morgan fingerprint density at radius 2 is 1.79 bits per heavy atom. The second-order valence-electron chi connectivity index (χ2n) is 4.14. The summed E-state index contributed by atoms with van der Waals surface area (Å²) < 4.78 is 0. The molecule has 0 saturated carbocycles. The van der Waals surface area contributed by atoms with Crippen molar-refractivity contribution in [1.29, 1.82) is 0 Å². The molecule has 1 rings (SSSR count). The van der Waals surface area contributed by atoms with Gasteiger partial charge in [-0.25, -0.2) is 0 Å². The first-order chi connectivity index (χ1) is 6.57. The average Bonchev–Trinajstić information content (AvgIpc) is 2.13. The van der Waals surface area contributed by atoms with Gasteiger partial charge in [-0.3, -0.25) is 0 Å². The number of benzene rings is 1. The van der Waals surface area contributed by atoms with E-state index in [1.54, 1.807) is 0 Å². The molecule has 0 fully saturated rings. The van der Waals surface area contributed by atoms with Gasteiger partial charge in [-0.2, -0.15) is 0 Å². The van der Waals surface area contributed by atoms with Gasteiger partial charge in [0.25, 0.3) is 0 Å². The molecule has 0 radical (unpaired) electrons. The maximum Gasteiger partial charge on any atom is 0.0372 e. The molecule has 0 bridgehead atoms. The second-order valence-corrected chi connectivity index (χ2v) is 4.14. The topological polar surface area (TPSA) is 12.0 Å². The average molecular weight is 191 g/mol. The van der Waals surface area contributed by atoms with Crippen LogP contribution in [0.1, 0.15) is 43.4 Å². The van der Waals surface area contributed by atoms with Gasteiger partial charge in [0.1, 0.15) is 0 Å². The Morgan fingerprint density at radius 3 is 2.29 bits per heavy atom. The molecule has 0 amide bonds.